The first kappa shape index (κ1) is 22.9. The van der Waals surface area contributed by atoms with Crippen LogP contribution in [0.25, 0.3) is 22.8 Å². The Morgan fingerprint density at radius 1 is 0.971 bits per heavy atom. The predicted molar refractivity (Wildman–Crippen MR) is 152 cm³/mol. The minimum atomic E-state index is -0.0311. The molecule has 1 atom stereocenters. The van der Waals surface area contributed by atoms with Gasteiger partial charge in [0.15, 0.2) is 0 Å². The maximum atomic E-state index is 5.98. The van der Waals surface area contributed by atoms with Crippen molar-refractivity contribution in [1.29, 1.82) is 0 Å². The zero-order valence-electron chi connectivity index (χ0n) is 20.9. The lowest BCUT2D eigenvalue weighted by atomic mass is 9.76. The number of allylic oxidation sites excluding steroid dienone is 7. The molecule has 0 aliphatic heterocycles. The monoisotopic (exact) mass is 455 g/mol. The Labute approximate surface area is 209 Å². The van der Waals surface area contributed by atoms with Crippen molar-refractivity contribution in [2.75, 3.05) is 0 Å². The molecule has 174 valence electrons. The molecule has 0 saturated heterocycles. The van der Waals surface area contributed by atoms with Crippen LogP contribution in [0.4, 0.5) is 0 Å². The lowest BCUT2D eigenvalue weighted by Crippen LogP contribution is -2.21. The zero-order chi connectivity index (χ0) is 24.6. The second kappa shape index (κ2) is 9.07. The van der Waals surface area contributed by atoms with E-state index in [0.717, 1.165) is 24.1 Å². The minimum absolute atomic E-state index is 0.0311. The molecule has 0 fully saturated rings. The molecule has 0 amide bonds. The maximum Gasteiger partial charge on any atom is 0.0270 e. The highest BCUT2D eigenvalue weighted by Crippen LogP contribution is 2.42. The van der Waals surface area contributed by atoms with Gasteiger partial charge in [-0.05, 0) is 88.9 Å². The second-order valence-corrected chi connectivity index (χ2v) is 10.1. The second-order valence-electron chi connectivity index (χ2n) is 10.1. The largest absolute Gasteiger partial charge is 0.399 e. The van der Waals surface area contributed by atoms with Crippen LogP contribution in [-0.2, 0) is 11.8 Å². The molecule has 1 unspecified atom stereocenters. The van der Waals surface area contributed by atoms with Gasteiger partial charge in [-0.25, -0.2) is 0 Å². The normalized spacial score (nSPS) is 19.5. The van der Waals surface area contributed by atoms with Gasteiger partial charge in [-0.1, -0.05) is 104 Å². The number of benzene rings is 3. The van der Waals surface area contributed by atoms with Gasteiger partial charge >= 0.3 is 0 Å². The molecule has 3 aromatic rings. The highest BCUT2D eigenvalue weighted by molar-refractivity contribution is 6.00. The molecule has 2 N–H and O–H groups in total. The molecule has 0 heterocycles. The summed E-state index contributed by atoms with van der Waals surface area (Å²) in [6, 6.07) is 26.5. The molecule has 3 aromatic carbocycles. The molecule has 0 spiro atoms. The average Bonchev–Trinajstić information content (AvgIpc) is 3.21. The summed E-state index contributed by atoms with van der Waals surface area (Å²) >= 11 is 0. The molecule has 5 rings (SSSR count). The first-order valence-corrected chi connectivity index (χ1v) is 12.4. The van der Waals surface area contributed by atoms with Gasteiger partial charge in [0, 0.05) is 11.1 Å². The summed E-state index contributed by atoms with van der Waals surface area (Å²) in [7, 11) is 0. The van der Waals surface area contributed by atoms with Gasteiger partial charge in [-0.3, -0.25) is 0 Å². The van der Waals surface area contributed by atoms with Crippen LogP contribution < -0.4 is 5.73 Å². The van der Waals surface area contributed by atoms with Crippen molar-refractivity contribution in [3.63, 3.8) is 0 Å². The van der Waals surface area contributed by atoms with Crippen LogP contribution in [0.3, 0.4) is 0 Å². The zero-order valence-corrected chi connectivity index (χ0v) is 20.9. The van der Waals surface area contributed by atoms with E-state index >= 15 is 0 Å². The summed E-state index contributed by atoms with van der Waals surface area (Å²) in [5.41, 5.74) is 19.6. The van der Waals surface area contributed by atoms with E-state index in [4.69, 9.17) is 5.73 Å². The van der Waals surface area contributed by atoms with Crippen LogP contribution in [0.1, 0.15) is 60.6 Å². The Balaban J connectivity index is 1.62. The standard InChI is InChI=1S/C34H33N/c1-23(2)30-11-7-5-9-26(30)22-33(32-21-27-10-6-8-12-31(27)24(32)3)25-13-15-28(16-14-25)34(4)19-17-29(35)18-20-34/h5-19,22H,1,20-21,35H2,2-4H3/b33-22-. The van der Waals surface area contributed by atoms with Gasteiger partial charge in [0.05, 0.1) is 0 Å². The summed E-state index contributed by atoms with van der Waals surface area (Å²) in [5.74, 6) is 0. The smallest absolute Gasteiger partial charge is 0.0270 e. The summed E-state index contributed by atoms with van der Waals surface area (Å²) in [6.45, 7) is 10.8. The quantitative estimate of drug-likeness (QED) is 0.384. The molecule has 2 aliphatic carbocycles. The van der Waals surface area contributed by atoms with Gasteiger partial charge in [0.2, 0.25) is 0 Å². The number of hydrogen-bond acceptors (Lipinski definition) is 1. The molecule has 0 radical (unpaired) electrons. The lowest BCUT2D eigenvalue weighted by Gasteiger charge is -2.28. The molecule has 0 saturated carbocycles. The third kappa shape index (κ3) is 4.35. The fraction of sp³-hybridized carbons (Fsp3) is 0.176. The molecule has 2 aliphatic rings. The Bertz CT molecular complexity index is 1430. The molecule has 1 heteroatoms. The Morgan fingerprint density at radius 3 is 2.37 bits per heavy atom. The van der Waals surface area contributed by atoms with E-state index in [9.17, 15) is 0 Å². The van der Waals surface area contributed by atoms with Gasteiger partial charge in [-0.15, -0.1) is 0 Å². The number of rotatable bonds is 5. The molecular formula is C34H33N. The first-order chi connectivity index (χ1) is 16.9. The van der Waals surface area contributed by atoms with Crippen molar-refractivity contribution in [3.05, 3.63) is 142 Å². The van der Waals surface area contributed by atoms with E-state index in [2.05, 4.69) is 118 Å². The van der Waals surface area contributed by atoms with E-state index in [0.29, 0.717) is 0 Å². The Hall–Kier alpha value is -3.84. The Kier molecular flexibility index (Phi) is 5.94. The number of nitrogens with two attached hydrogens (primary N) is 1. The third-order valence-electron chi connectivity index (χ3n) is 7.55. The van der Waals surface area contributed by atoms with E-state index in [-0.39, 0.29) is 5.41 Å². The fourth-order valence-corrected chi connectivity index (χ4v) is 5.33. The van der Waals surface area contributed by atoms with Crippen molar-refractivity contribution in [2.24, 2.45) is 5.73 Å². The first-order valence-electron chi connectivity index (χ1n) is 12.4. The summed E-state index contributed by atoms with van der Waals surface area (Å²) < 4.78 is 0. The van der Waals surface area contributed by atoms with Gasteiger partial charge in [-0.2, -0.15) is 0 Å². The summed E-state index contributed by atoms with van der Waals surface area (Å²) in [4.78, 5) is 0. The van der Waals surface area contributed by atoms with Crippen LogP contribution in [0, 0.1) is 0 Å². The summed E-state index contributed by atoms with van der Waals surface area (Å²) in [5, 5.41) is 0. The minimum Gasteiger partial charge on any atom is -0.399 e. The van der Waals surface area contributed by atoms with Gasteiger partial charge < -0.3 is 5.73 Å². The van der Waals surface area contributed by atoms with E-state index in [1.165, 1.54) is 50.1 Å². The van der Waals surface area contributed by atoms with Crippen LogP contribution in [0.15, 0.2) is 109 Å². The molecular weight excluding hydrogens is 422 g/mol. The topological polar surface area (TPSA) is 26.0 Å². The van der Waals surface area contributed by atoms with Crippen LogP contribution in [-0.4, -0.2) is 0 Å². The molecule has 0 aromatic heterocycles. The van der Waals surface area contributed by atoms with Crippen molar-refractivity contribution in [1.82, 2.24) is 0 Å². The fourth-order valence-electron chi connectivity index (χ4n) is 5.33. The van der Waals surface area contributed by atoms with Crippen molar-refractivity contribution < 1.29 is 0 Å². The van der Waals surface area contributed by atoms with Crippen molar-refractivity contribution in [3.8, 4) is 0 Å². The highest BCUT2D eigenvalue weighted by atomic mass is 14.6. The number of fused-ring (bicyclic) bond motifs is 1. The number of hydrogen-bond donors (Lipinski definition) is 1. The van der Waals surface area contributed by atoms with Crippen LogP contribution in [0.5, 0.6) is 0 Å². The molecule has 1 nitrogen and oxygen atoms in total. The van der Waals surface area contributed by atoms with Gasteiger partial charge in [0.25, 0.3) is 0 Å². The van der Waals surface area contributed by atoms with Crippen molar-refractivity contribution in [2.45, 2.75) is 39.0 Å². The van der Waals surface area contributed by atoms with E-state index < -0.39 is 0 Å². The average molecular weight is 456 g/mol. The Morgan fingerprint density at radius 2 is 1.69 bits per heavy atom. The molecule has 35 heavy (non-hydrogen) atoms. The van der Waals surface area contributed by atoms with E-state index in [1.807, 2.05) is 6.08 Å². The van der Waals surface area contributed by atoms with Crippen LogP contribution >= 0.6 is 0 Å². The predicted octanol–water partition coefficient (Wildman–Crippen LogP) is 8.35. The van der Waals surface area contributed by atoms with Crippen molar-refractivity contribution >= 4 is 22.8 Å². The van der Waals surface area contributed by atoms with E-state index in [1.54, 1.807) is 0 Å². The molecule has 0 bridgehead atoms. The highest BCUT2D eigenvalue weighted by Gasteiger charge is 2.26. The van der Waals surface area contributed by atoms with Gasteiger partial charge in [0.1, 0.15) is 0 Å². The maximum absolute atomic E-state index is 5.98. The third-order valence-corrected chi connectivity index (χ3v) is 7.55. The van der Waals surface area contributed by atoms with Crippen LogP contribution in [0.2, 0.25) is 0 Å². The SMILES string of the molecule is C=C(C)c1ccccc1/C=C(\C1=C(C)c2ccccc2C1)c1ccc(C2(C)C=CC(N)=CC2)cc1. The summed E-state index contributed by atoms with van der Waals surface area (Å²) in [6.07, 6.45) is 10.6. The lowest BCUT2D eigenvalue weighted by molar-refractivity contribution is 0.596.